The molecule has 1 heterocycles. The van der Waals surface area contributed by atoms with Crippen molar-refractivity contribution in [1.82, 2.24) is 10.6 Å². The lowest BCUT2D eigenvalue weighted by atomic mass is 10.1. The maximum atomic E-state index is 12.1. The first-order valence-corrected chi connectivity index (χ1v) is 6.17. The van der Waals surface area contributed by atoms with Crippen LogP contribution in [0.4, 0.5) is 5.69 Å². The molecule has 1 aliphatic rings. The average Bonchev–Trinajstić information content (AvgIpc) is 3.02. The molecule has 0 bridgehead atoms. The van der Waals surface area contributed by atoms with Gasteiger partial charge in [-0.05, 0) is 17.7 Å². The van der Waals surface area contributed by atoms with Crippen molar-refractivity contribution in [3.8, 4) is 0 Å². The number of hydrazine groups is 1. The number of nitrogens with two attached hydrogens (primary N) is 1. The quantitative estimate of drug-likeness (QED) is 0.570. The summed E-state index contributed by atoms with van der Waals surface area (Å²) in [6.45, 7) is 0. The number of likely N-dealkylation sites (N-methyl/N-ethyl adjacent to an activating group) is 1. The van der Waals surface area contributed by atoms with Gasteiger partial charge in [-0.2, -0.15) is 0 Å². The molecule has 1 aliphatic heterocycles. The number of amides is 1. The Morgan fingerprint density at radius 2 is 2.05 bits per heavy atom. The summed E-state index contributed by atoms with van der Waals surface area (Å²) in [6, 6.07) is 7.55. The van der Waals surface area contributed by atoms with Crippen molar-refractivity contribution in [3.05, 3.63) is 42.2 Å². The van der Waals surface area contributed by atoms with Gasteiger partial charge in [-0.3, -0.25) is 9.63 Å². The summed E-state index contributed by atoms with van der Waals surface area (Å²) in [5, 5.41) is 3.02. The van der Waals surface area contributed by atoms with Crippen LogP contribution in [0.3, 0.4) is 0 Å². The van der Waals surface area contributed by atoms with Gasteiger partial charge in [0.25, 0.3) is 5.91 Å². The molecule has 0 aliphatic carbocycles. The molecular weight excluding hydrogens is 260 g/mol. The van der Waals surface area contributed by atoms with E-state index >= 15 is 0 Å². The highest BCUT2D eigenvalue weighted by molar-refractivity contribution is 5.81. The van der Waals surface area contributed by atoms with Gasteiger partial charge in [0.2, 0.25) is 0 Å². The highest BCUT2D eigenvalue weighted by Crippen LogP contribution is 2.22. The Morgan fingerprint density at radius 3 is 2.55 bits per heavy atom. The van der Waals surface area contributed by atoms with Crippen molar-refractivity contribution in [1.29, 1.82) is 0 Å². The fourth-order valence-corrected chi connectivity index (χ4v) is 1.90. The summed E-state index contributed by atoms with van der Waals surface area (Å²) in [7, 11) is 4.49. The normalized spacial score (nSPS) is 15.4. The van der Waals surface area contributed by atoms with Crippen LogP contribution in [0.25, 0.3) is 0 Å². The largest absolute Gasteiger partial charge is 0.367 e. The molecule has 3 N–H and O–H groups in total. The number of anilines is 1. The van der Waals surface area contributed by atoms with E-state index in [1.165, 1.54) is 14.2 Å². The first-order valence-electron chi connectivity index (χ1n) is 6.17. The first kappa shape index (κ1) is 14.5. The molecule has 1 unspecified atom stereocenters. The smallest absolute Gasteiger partial charge is 0.279 e. The molecule has 1 atom stereocenters. The minimum Gasteiger partial charge on any atom is -0.367 e. The van der Waals surface area contributed by atoms with Crippen molar-refractivity contribution < 1.29 is 19.8 Å². The van der Waals surface area contributed by atoms with Crippen LogP contribution in [0.5, 0.6) is 0 Å². The van der Waals surface area contributed by atoms with Crippen molar-refractivity contribution in [2.75, 3.05) is 26.3 Å². The van der Waals surface area contributed by atoms with Gasteiger partial charge in [0.1, 0.15) is 6.20 Å². The van der Waals surface area contributed by atoms with Crippen LogP contribution in [0.1, 0.15) is 11.7 Å². The first-order chi connectivity index (χ1) is 9.67. The second-order valence-electron chi connectivity index (χ2n) is 4.23. The Morgan fingerprint density at radius 1 is 1.35 bits per heavy atom. The Kier molecular flexibility index (Phi) is 4.70. The second kappa shape index (κ2) is 6.49. The number of nitrogens with zero attached hydrogens (tertiary/aromatic N) is 2. The molecule has 0 radical (unpaired) electrons. The number of nitrogens with one attached hydrogen (secondary N) is 1. The number of hydroxylamine groups is 2. The summed E-state index contributed by atoms with van der Waals surface area (Å²) in [6.07, 6.45) is 3.14. The fourth-order valence-electron chi connectivity index (χ4n) is 1.90. The molecule has 0 aromatic heterocycles. The van der Waals surface area contributed by atoms with E-state index in [-0.39, 0.29) is 5.91 Å². The van der Waals surface area contributed by atoms with E-state index in [1.54, 1.807) is 7.05 Å². The van der Waals surface area contributed by atoms with Crippen LogP contribution in [-0.4, -0.2) is 32.2 Å². The van der Waals surface area contributed by atoms with Gasteiger partial charge in [0.05, 0.1) is 19.0 Å². The SMILES string of the molecule is COC(C(=O)N(C)OC)c1ccc(N2C=C[NH2+]N2)cc1. The number of ether oxygens (including phenoxy) is 1. The maximum absolute atomic E-state index is 12.1. The zero-order valence-electron chi connectivity index (χ0n) is 11.7. The number of carbonyl (C=O) groups is 1. The number of carbonyl (C=O) groups excluding carboxylic acids is 1. The van der Waals surface area contributed by atoms with Crippen LogP contribution >= 0.6 is 0 Å². The Balaban J connectivity index is 2.14. The van der Waals surface area contributed by atoms with Crippen LogP contribution in [-0.2, 0) is 14.4 Å². The van der Waals surface area contributed by atoms with Gasteiger partial charge in [-0.1, -0.05) is 17.7 Å². The average molecular weight is 279 g/mol. The molecule has 1 aromatic rings. The third-order valence-corrected chi connectivity index (χ3v) is 3.06. The highest BCUT2D eigenvalue weighted by Gasteiger charge is 2.24. The maximum Gasteiger partial charge on any atom is 0.279 e. The lowest BCUT2D eigenvalue weighted by molar-refractivity contribution is -0.640. The van der Waals surface area contributed by atoms with Gasteiger partial charge >= 0.3 is 0 Å². The van der Waals surface area contributed by atoms with Crippen LogP contribution < -0.4 is 16.0 Å². The van der Waals surface area contributed by atoms with Crippen molar-refractivity contribution in [2.45, 2.75) is 6.10 Å². The summed E-state index contributed by atoms with van der Waals surface area (Å²) < 4.78 is 5.27. The van der Waals surface area contributed by atoms with Crippen LogP contribution in [0.15, 0.2) is 36.7 Å². The van der Waals surface area contributed by atoms with E-state index in [2.05, 4.69) is 5.53 Å². The zero-order chi connectivity index (χ0) is 14.5. The van der Waals surface area contributed by atoms with Crippen molar-refractivity contribution in [2.24, 2.45) is 0 Å². The summed E-state index contributed by atoms with van der Waals surface area (Å²) in [5.74, 6) is -0.254. The number of rotatable bonds is 5. The van der Waals surface area contributed by atoms with E-state index in [9.17, 15) is 4.79 Å². The third kappa shape index (κ3) is 2.97. The molecule has 7 nitrogen and oxygen atoms in total. The van der Waals surface area contributed by atoms with E-state index in [4.69, 9.17) is 9.57 Å². The Labute approximate surface area is 117 Å². The molecule has 0 saturated carbocycles. The van der Waals surface area contributed by atoms with E-state index in [1.807, 2.05) is 47.1 Å². The summed E-state index contributed by atoms with van der Waals surface area (Å²) in [5.41, 5.74) is 6.64. The highest BCUT2D eigenvalue weighted by atomic mass is 16.7. The molecule has 108 valence electrons. The Bertz CT molecular complexity index is 489. The molecule has 1 amide bonds. The van der Waals surface area contributed by atoms with Gasteiger partial charge in [-0.25, -0.2) is 15.5 Å². The lowest BCUT2D eigenvalue weighted by Gasteiger charge is -2.21. The minimum absolute atomic E-state index is 0.254. The second-order valence-corrected chi connectivity index (χ2v) is 4.23. The summed E-state index contributed by atoms with van der Waals surface area (Å²) in [4.78, 5) is 17.0. The monoisotopic (exact) mass is 279 g/mol. The third-order valence-electron chi connectivity index (χ3n) is 3.06. The Hall–Kier alpha value is -1.93. The lowest BCUT2D eigenvalue weighted by Crippen LogP contribution is -2.87. The van der Waals surface area contributed by atoms with Crippen LogP contribution in [0, 0.1) is 0 Å². The standard InChI is InChI=1S/C13H18N4O3/c1-16(20-3)13(18)12(19-2)10-4-6-11(7-5-10)17-9-8-14-15-17/h4-9,12,14-15H,1-3H3/p+1. The van der Waals surface area contributed by atoms with Crippen molar-refractivity contribution >= 4 is 11.6 Å². The molecule has 20 heavy (non-hydrogen) atoms. The van der Waals surface area contributed by atoms with E-state index in [0.717, 1.165) is 16.3 Å². The van der Waals surface area contributed by atoms with Gasteiger partial charge < -0.3 is 4.74 Å². The number of benzene rings is 1. The summed E-state index contributed by atoms with van der Waals surface area (Å²) >= 11 is 0. The predicted molar refractivity (Wildman–Crippen MR) is 72.7 cm³/mol. The van der Waals surface area contributed by atoms with Gasteiger partial charge in [-0.15, -0.1) is 0 Å². The van der Waals surface area contributed by atoms with E-state index < -0.39 is 6.10 Å². The topological polar surface area (TPSA) is 70.6 Å². The fraction of sp³-hybridized carbons (Fsp3) is 0.308. The number of quaternary nitrogens is 1. The van der Waals surface area contributed by atoms with Crippen molar-refractivity contribution in [3.63, 3.8) is 0 Å². The molecule has 7 heteroatoms. The molecule has 0 saturated heterocycles. The van der Waals surface area contributed by atoms with Gasteiger partial charge in [0.15, 0.2) is 6.10 Å². The predicted octanol–water partition coefficient (Wildman–Crippen LogP) is -0.332. The molecule has 0 fully saturated rings. The van der Waals surface area contributed by atoms with E-state index in [0.29, 0.717) is 0 Å². The van der Waals surface area contributed by atoms with Crippen LogP contribution in [0.2, 0.25) is 0 Å². The molecular formula is C13H19N4O3+. The molecule has 0 spiro atoms. The molecule has 2 rings (SSSR count). The van der Waals surface area contributed by atoms with Gasteiger partial charge in [0, 0.05) is 14.2 Å². The number of hydrogen-bond donors (Lipinski definition) is 2. The number of hydrogen-bond acceptors (Lipinski definition) is 5. The zero-order valence-corrected chi connectivity index (χ0v) is 11.7. The minimum atomic E-state index is -0.678. The molecule has 1 aromatic carbocycles. The number of methoxy groups -OCH3 is 1.